The van der Waals surface area contributed by atoms with E-state index >= 15 is 0 Å². The van der Waals surface area contributed by atoms with E-state index in [9.17, 15) is 19.2 Å². The van der Waals surface area contributed by atoms with Crippen LogP contribution in [0.2, 0.25) is 0 Å². The summed E-state index contributed by atoms with van der Waals surface area (Å²) in [4.78, 5) is 54.9. The number of hydrogen-bond donors (Lipinski definition) is 1. The van der Waals surface area contributed by atoms with Gasteiger partial charge in [-0.2, -0.15) is 0 Å². The summed E-state index contributed by atoms with van der Waals surface area (Å²) in [7, 11) is 1.56. The van der Waals surface area contributed by atoms with Crippen LogP contribution < -0.4 is 9.64 Å². The SMILES string of the molecule is COc1ccccc1C[NH+](CN1C(=O)c2ccccc2C1=O)CN1C(=O)c2ccccc2C1=O. The number of benzene rings is 3. The number of amides is 4. The molecule has 0 fully saturated rings. The topological polar surface area (TPSA) is 88.4 Å². The molecule has 4 amide bonds. The molecule has 0 aromatic heterocycles. The number of ether oxygens (including phenoxy) is 1. The van der Waals surface area contributed by atoms with Crippen molar-refractivity contribution in [3.8, 4) is 5.75 Å². The third kappa shape index (κ3) is 3.54. The van der Waals surface area contributed by atoms with Crippen LogP contribution in [0.1, 0.15) is 47.0 Å². The zero-order valence-corrected chi connectivity index (χ0v) is 18.5. The number of para-hydroxylation sites is 1. The Labute approximate surface area is 195 Å². The highest BCUT2D eigenvalue weighted by atomic mass is 16.5. The molecule has 34 heavy (non-hydrogen) atoms. The Morgan fingerprint density at radius 3 is 1.41 bits per heavy atom. The van der Waals surface area contributed by atoms with Gasteiger partial charge >= 0.3 is 0 Å². The Morgan fingerprint density at radius 1 is 0.618 bits per heavy atom. The quantitative estimate of drug-likeness (QED) is 0.546. The number of nitrogens with zero attached hydrogens (tertiary/aromatic N) is 2. The largest absolute Gasteiger partial charge is 0.496 e. The van der Waals surface area contributed by atoms with Crippen molar-refractivity contribution in [1.82, 2.24) is 9.80 Å². The van der Waals surface area contributed by atoms with Gasteiger partial charge in [0.05, 0.1) is 29.4 Å². The molecule has 0 saturated carbocycles. The number of imide groups is 2. The highest BCUT2D eigenvalue weighted by molar-refractivity contribution is 6.22. The molecular formula is C26H22N3O5+. The number of nitrogens with one attached hydrogen (secondary N) is 1. The number of methoxy groups -OCH3 is 1. The standard InChI is InChI=1S/C26H21N3O5/c1-34-22-13-7-2-8-17(22)14-27(15-28-23(30)18-9-3-4-10-19(18)24(28)31)16-29-25(32)20-11-5-6-12-21(20)26(29)33/h2-13H,14-16H2,1H3/p+1. The summed E-state index contributed by atoms with van der Waals surface area (Å²) in [6, 6.07) is 20.8. The fourth-order valence-electron chi connectivity index (χ4n) is 4.49. The van der Waals surface area contributed by atoms with Crippen molar-refractivity contribution in [2.24, 2.45) is 0 Å². The molecule has 170 valence electrons. The van der Waals surface area contributed by atoms with E-state index in [1.807, 2.05) is 24.3 Å². The van der Waals surface area contributed by atoms with Gasteiger partial charge in [0.1, 0.15) is 12.3 Å². The van der Waals surface area contributed by atoms with Crippen molar-refractivity contribution in [3.63, 3.8) is 0 Å². The van der Waals surface area contributed by atoms with Gasteiger partial charge in [0.2, 0.25) is 0 Å². The van der Waals surface area contributed by atoms with Crippen LogP contribution >= 0.6 is 0 Å². The number of quaternary nitrogens is 1. The zero-order valence-electron chi connectivity index (χ0n) is 18.5. The van der Waals surface area contributed by atoms with Gasteiger partial charge in [0.15, 0.2) is 13.3 Å². The van der Waals surface area contributed by atoms with Crippen molar-refractivity contribution < 1.29 is 28.8 Å². The Balaban J connectivity index is 1.45. The van der Waals surface area contributed by atoms with E-state index in [1.54, 1.807) is 55.6 Å². The molecule has 8 nitrogen and oxygen atoms in total. The smallest absolute Gasteiger partial charge is 0.265 e. The van der Waals surface area contributed by atoms with Crippen molar-refractivity contribution in [2.75, 3.05) is 20.4 Å². The van der Waals surface area contributed by atoms with E-state index in [-0.39, 0.29) is 37.0 Å². The number of carbonyl (C=O) groups excluding carboxylic acids is 4. The van der Waals surface area contributed by atoms with E-state index in [1.165, 1.54) is 9.80 Å². The second-order valence-electron chi connectivity index (χ2n) is 8.22. The van der Waals surface area contributed by atoms with E-state index in [0.29, 0.717) is 39.4 Å². The fraction of sp³-hybridized carbons (Fsp3) is 0.154. The minimum atomic E-state index is -0.388. The summed E-state index contributed by atoms with van der Waals surface area (Å²) < 4.78 is 5.46. The van der Waals surface area contributed by atoms with Crippen LogP contribution in [0.15, 0.2) is 72.8 Å². The molecule has 2 heterocycles. The van der Waals surface area contributed by atoms with Crippen LogP contribution in [0.3, 0.4) is 0 Å². The highest BCUT2D eigenvalue weighted by Crippen LogP contribution is 2.23. The lowest BCUT2D eigenvalue weighted by Gasteiger charge is -2.27. The lowest BCUT2D eigenvalue weighted by atomic mass is 10.1. The molecule has 0 saturated heterocycles. The van der Waals surface area contributed by atoms with Crippen LogP contribution in [-0.4, -0.2) is 53.9 Å². The van der Waals surface area contributed by atoms with Crippen LogP contribution in [0.4, 0.5) is 0 Å². The molecule has 2 aliphatic rings. The number of hydrogen-bond acceptors (Lipinski definition) is 5. The summed E-state index contributed by atoms with van der Waals surface area (Å²) in [5, 5.41) is 0. The molecule has 0 radical (unpaired) electrons. The van der Waals surface area contributed by atoms with E-state index in [4.69, 9.17) is 4.74 Å². The Morgan fingerprint density at radius 2 is 1.00 bits per heavy atom. The molecule has 0 unspecified atom stereocenters. The summed E-state index contributed by atoms with van der Waals surface area (Å²) in [6.45, 7) is 0.292. The first kappa shape index (κ1) is 21.5. The molecule has 0 bridgehead atoms. The average Bonchev–Trinajstić information content (AvgIpc) is 3.25. The molecule has 8 heteroatoms. The molecular weight excluding hydrogens is 434 g/mol. The normalized spacial score (nSPS) is 14.8. The molecule has 0 aliphatic carbocycles. The first-order chi connectivity index (χ1) is 16.5. The number of fused-ring (bicyclic) bond motifs is 2. The molecule has 2 aliphatic heterocycles. The van der Waals surface area contributed by atoms with E-state index in [0.717, 1.165) is 5.56 Å². The summed E-state index contributed by atoms with van der Waals surface area (Å²) in [5.74, 6) is -0.910. The number of carbonyl (C=O) groups is 4. The Hall–Kier alpha value is -4.30. The second-order valence-corrected chi connectivity index (χ2v) is 8.22. The van der Waals surface area contributed by atoms with Gasteiger partial charge in [-0.1, -0.05) is 36.4 Å². The van der Waals surface area contributed by atoms with Gasteiger partial charge in [-0.15, -0.1) is 0 Å². The average molecular weight is 456 g/mol. The number of rotatable bonds is 7. The van der Waals surface area contributed by atoms with Crippen molar-refractivity contribution in [2.45, 2.75) is 6.54 Å². The summed E-state index contributed by atoms with van der Waals surface area (Å²) in [5.41, 5.74) is 2.23. The Bertz CT molecular complexity index is 1190. The molecule has 0 spiro atoms. The van der Waals surface area contributed by atoms with Crippen LogP contribution in [0.25, 0.3) is 0 Å². The molecule has 0 atom stereocenters. The fourth-order valence-corrected chi connectivity index (χ4v) is 4.49. The molecule has 1 N–H and O–H groups in total. The Kier molecular flexibility index (Phi) is 5.43. The van der Waals surface area contributed by atoms with Crippen LogP contribution in [-0.2, 0) is 6.54 Å². The van der Waals surface area contributed by atoms with Gasteiger partial charge in [-0.3, -0.25) is 24.1 Å². The van der Waals surface area contributed by atoms with Gasteiger partial charge in [-0.05, 0) is 36.4 Å². The molecule has 3 aromatic rings. The first-order valence-corrected chi connectivity index (χ1v) is 10.9. The predicted octanol–water partition coefficient (Wildman–Crippen LogP) is 1.59. The highest BCUT2D eigenvalue weighted by Gasteiger charge is 2.41. The van der Waals surface area contributed by atoms with Gasteiger partial charge < -0.3 is 4.74 Å². The predicted molar refractivity (Wildman–Crippen MR) is 121 cm³/mol. The monoisotopic (exact) mass is 456 g/mol. The minimum absolute atomic E-state index is 0.0161. The maximum Gasteiger partial charge on any atom is 0.265 e. The first-order valence-electron chi connectivity index (χ1n) is 10.9. The molecule has 5 rings (SSSR count). The van der Waals surface area contributed by atoms with E-state index < -0.39 is 0 Å². The van der Waals surface area contributed by atoms with Crippen molar-refractivity contribution in [1.29, 1.82) is 0 Å². The maximum absolute atomic E-state index is 13.0. The third-order valence-corrected chi connectivity index (χ3v) is 6.15. The van der Waals surface area contributed by atoms with Crippen LogP contribution in [0.5, 0.6) is 5.75 Å². The van der Waals surface area contributed by atoms with Crippen LogP contribution in [0, 0.1) is 0 Å². The molecule has 3 aromatic carbocycles. The van der Waals surface area contributed by atoms with Crippen molar-refractivity contribution in [3.05, 3.63) is 101 Å². The zero-order chi connectivity index (χ0) is 23.8. The lowest BCUT2D eigenvalue weighted by molar-refractivity contribution is -0.927. The van der Waals surface area contributed by atoms with Gasteiger partial charge in [-0.25, -0.2) is 9.80 Å². The summed E-state index contributed by atoms with van der Waals surface area (Å²) >= 11 is 0. The van der Waals surface area contributed by atoms with E-state index in [2.05, 4.69) is 0 Å². The second kappa shape index (κ2) is 8.57. The maximum atomic E-state index is 13.0. The minimum Gasteiger partial charge on any atom is -0.496 e. The third-order valence-electron chi connectivity index (χ3n) is 6.15. The van der Waals surface area contributed by atoms with Gasteiger partial charge in [0, 0.05) is 5.56 Å². The summed E-state index contributed by atoms with van der Waals surface area (Å²) in [6.07, 6.45) is 0. The van der Waals surface area contributed by atoms with Gasteiger partial charge in [0.25, 0.3) is 23.6 Å². The van der Waals surface area contributed by atoms with Crippen molar-refractivity contribution >= 4 is 23.6 Å². The lowest BCUT2D eigenvalue weighted by Crippen LogP contribution is -3.14.